The zero-order chi connectivity index (χ0) is 9.40. The van der Waals surface area contributed by atoms with Crippen LogP contribution in [0.1, 0.15) is 0 Å². The quantitative estimate of drug-likeness (QED) is 0.316. The number of hydrogen-bond donors (Lipinski definition) is 1. The monoisotopic (exact) mass is 293 g/mol. The maximum Gasteiger partial charge on any atom is 0.589 e. The van der Waals surface area contributed by atoms with Gasteiger partial charge in [-0.05, 0) is 6.47 Å². The van der Waals surface area contributed by atoms with Crippen LogP contribution in [-0.4, -0.2) is 24.0 Å². The first kappa shape index (κ1) is 18.7. The smallest absolute Gasteiger partial charge is 0.494 e. The molecular weight excluding hydrogens is 292 g/mol. The van der Waals surface area contributed by atoms with Crippen LogP contribution in [0.3, 0.4) is 0 Å². The van der Waals surface area contributed by atoms with Gasteiger partial charge < -0.3 is 9.68 Å². The molecule has 0 atom stereocenters. The Hall–Kier alpha value is -0.991. The minimum atomic E-state index is -1.71. The summed E-state index contributed by atoms with van der Waals surface area (Å²) in [6.45, 7) is 0.706. The van der Waals surface area contributed by atoms with Crippen molar-refractivity contribution in [3.05, 3.63) is 0 Å². The molecule has 0 saturated heterocycles. The van der Waals surface area contributed by atoms with Gasteiger partial charge in [-0.1, -0.05) is 0 Å². The second-order valence-corrected chi connectivity index (χ2v) is 1.01. The van der Waals surface area contributed by atoms with Crippen LogP contribution in [0, 0.1) is 0 Å². The van der Waals surface area contributed by atoms with Gasteiger partial charge in [-0.25, -0.2) is 4.89 Å². The minimum Gasteiger partial charge on any atom is -0.494 e. The predicted molar refractivity (Wildman–Crippen MR) is 24.5 cm³/mol. The molecule has 0 aliphatic carbocycles. The average molecular weight is 293 g/mol. The molecule has 9 nitrogen and oxygen atoms in total. The van der Waals surface area contributed by atoms with Gasteiger partial charge in [0, 0.05) is 34.1 Å². The fraction of sp³-hybridized carbons (Fsp3) is 0. The molecule has 0 aromatic rings. The SMILES string of the molecule is O=[C-]OOC(=O)OOC(=O)OO.[Fe].[Fe]. The van der Waals surface area contributed by atoms with Crippen LogP contribution in [0.4, 0.5) is 9.59 Å². The molecule has 1 N–H and O–H groups in total. The molecule has 0 bridgehead atoms. The molecule has 0 aliphatic heterocycles. The van der Waals surface area contributed by atoms with E-state index in [1.54, 1.807) is 0 Å². The molecule has 0 spiro atoms. The first-order valence-electron chi connectivity index (χ1n) is 2.15. The second-order valence-electron chi connectivity index (χ2n) is 1.01. The summed E-state index contributed by atoms with van der Waals surface area (Å²) < 4.78 is 0. The summed E-state index contributed by atoms with van der Waals surface area (Å²) in [4.78, 5) is 45.5. The van der Waals surface area contributed by atoms with Crippen molar-refractivity contribution in [2.75, 3.05) is 0 Å². The fourth-order valence-electron chi connectivity index (χ4n) is 0.148. The molecule has 0 rings (SSSR count). The molecule has 84 valence electrons. The van der Waals surface area contributed by atoms with Gasteiger partial charge in [-0.3, -0.25) is 4.89 Å². The number of carbonyl (C=O) groups excluding carboxylic acids is 3. The predicted octanol–water partition coefficient (Wildman–Crippen LogP) is -0.325. The van der Waals surface area contributed by atoms with Crippen LogP contribution in [0.25, 0.3) is 0 Å². The molecule has 0 saturated carbocycles. The van der Waals surface area contributed by atoms with Gasteiger partial charge in [0.15, 0.2) is 0 Å². The second kappa shape index (κ2) is 12.0. The van der Waals surface area contributed by atoms with E-state index in [9.17, 15) is 14.4 Å². The Labute approximate surface area is 97.3 Å². The van der Waals surface area contributed by atoms with Crippen LogP contribution in [0.15, 0.2) is 0 Å². The van der Waals surface area contributed by atoms with Crippen molar-refractivity contribution < 1.29 is 78.2 Å². The summed E-state index contributed by atoms with van der Waals surface area (Å²) >= 11 is 0. The van der Waals surface area contributed by atoms with Crippen LogP contribution >= 0.6 is 0 Å². The van der Waals surface area contributed by atoms with Crippen molar-refractivity contribution in [2.45, 2.75) is 0 Å². The van der Waals surface area contributed by atoms with Crippen molar-refractivity contribution in [1.29, 1.82) is 0 Å². The first-order chi connectivity index (χ1) is 5.70. The van der Waals surface area contributed by atoms with E-state index >= 15 is 0 Å². The summed E-state index contributed by atoms with van der Waals surface area (Å²) in [5.74, 6) is 0. The minimum absolute atomic E-state index is 0. The Bertz CT molecular complexity index is 181. The normalized spacial score (nSPS) is 6.64. The Balaban J connectivity index is -0.000000605. The molecule has 0 radical (unpaired) electrons. The van der Waals surface area contributed by atoms with Gasteiger partial charge in [0.25, 0.3) is 0 Å². The van der Waals surface area contributed by atoms with E-state index < -0.39 is 12.3 Å². The fourth-order valence-corrected chi connectivity index (χ4v) is 0.148. The summed E-state index contributed by atoms with van der Waals surface area (Å²) in [5, 5.41) is 7.52. The third kappa shape index (κ3) is 11.0. The van der Waals surface area contributed by atoms with E-state index in [2.05, 4.69) is 24.4 Å². The molecule has 0 amide bonds. The first-order valence-corrected chi connectivity index (χ1v) is 2.15. The van der Waals surface area contributed by atoms with Gasteiger partial charge >= 0.3 is 12.3 Å². The van der Waals surface area contributed by atoms with Gasteiger partial charge in [0.2, 0.25) is 0 Å². The van der Waals surface area contributed by atoms with Crippen molar-refractivity contribution in [2.24, 2.45) is 0 Å². The summed E-state index contributed by atoms with van der Waals surface area (Å²) in [6.07, 6.45) is -3.37. The molecule has 0 fully saturated rings. The van der Waals surface area contributed by atoms with Crippen LogP contribution < -0.4 is 0 Å². The summed E-state index contributed by atoms with van der Waals surface area (Å²) in [5.41, 5.74) is 0. The van der Waals surface area contributed by atoms with Gasteiger partial charge in [0.05, 0.1) is 0 Å². The molecule has 0 unspecified atom stereocenters. The van der Waals surface area contributed by atoms with E-state index in [-0.39, 0.29) is 34.1 Å². The maximum atomic E-state index is 10.1. The van der Waals surface area contributed by atoms with Crippen molar-refractivity contribution in [3.8, 4) is 0 Å². The molecule has 14 heavy (non-hydrogen) atoms. The molecule has 0 aromatic heterocycles. The number of carbonyl (C=O) groups is 2. The Morgan fingerprint density at radius 1 is 1.00 bits per heavy atom. The van der Waals surface area contributed by atoms with E-state index in [1.165, 1.54) is 0 Å². The van der Waals surface area contributed by atoms with E-state index in [4.69, 9.17) is 5.26 Å². The topological polar surface area (TPSA) is 118 Å². The van der Waals surface area contributed by atoms with E-state index in [1.807, 2.05) is 0 Å². The third-order valence-corrected chi connectivity index (χ3v) is 0.396. The summed E-state index contributed by atoms with van der Waals surface area (Å²) in [7, 11) is 0. The van der Waals surface area contributed by atoms with Gasteiger partial charge in [0.1, 0.15) is 0 Å². The Kier molecular flexibility index (Phi) is 16.1. The third-order valence-electron chi connectivity index (χ3n) is 0.396. The standard InChI is InChI=1S/C3HO9.2Fe/c4-1-8-10-3(6)12-11-2(5)9-7;;/h7H;;/q-1;;. The number of hydrogen-bond acceptors (Lipinski definition) is 9. The molecule has 11 heteroatoms. The van der Waals surface area contributed by atoms with E-state index in [0.717, 1.165) is 0 Å². The summed E-state index contributed by atoms with van der Waals surface area (Å²) in [6, 6.07) is 0. The van der Waals surface area contributed by atoms with E-state index in [0.29, 0.717) is 6.47 Å². The zero-order valence-corrected chi connectivity index (χ0v) is 8.13. The van der Waals surface area contributed by atoms with Crippen molar-refractivity contribution in [3.63, 3.8) is 0 Å². The molecule has 0 heterocycles. The van der Waals surface area contributed by atoms with Gasteiger partial charge in [-0.2, -0.15) is 24.6 Å². The molecule has 0 aromatic carbocycles. The molecular formula is C3HFe2O9-. The van der Waals surface area contributed by atoms with Crippen molar-refractivity contribution in [1.82, 2.24) is 0 Å². The Morgan fingerprint density at radius 3 is 1.93 bits per heavy atom. The van der Waals surface area contributed by atoms with Gasteiger partial charge in [-0.15, -0.1) is 0 Å². The maximum absolute atomic E-state index is 10.1. The zero-order valence-electron chi connectivity index (χ0n) is 5.92. The largest absolute Gasteiger partial charge is 0.589 e. The molecule has 0 aliphatic rings. The van der Waals surface area contributed by atoms with Crippen LogP contribution in [0.5, 0.6) is 0 Å². The number of rotatable bonds is 2. The van der Waals surface area contributed by atoms with Crippen LogP contribution in [0.2, 0.25) is 0 Å². The average Bonchev–Trinajstić information content (AvgIpc) is 2.10. The Morgan fingerprint density at radius 2 is 1.50 bits per heavy atom. The van der Waals surface area contributed by atoms with Crippen molar-refractivity contribution >= 4 is 18.8 Å². The van der Waals surface area contributed by atoms with Crippen LogP contribution in [-0.2, 0) is 63.4 Å².